The molecule has 1 aliphatic heterocycles. The summed E-state index contributed by atoms with van der Waals surface area (Å²) in [7, 11) is 0. The van der Waals surface area contributed by atoms with Crippen LogP contribution < -0.4 is 4.90 Å². The second kappa shape index (κ2) is 5.92. The molecule has 1 saturated heterocycles. The Hall–Kier alpha value is -3.27. The minimum Gasteiger partial charge on any atom is -0.345 e. The molecule has 0 amide bonds. The van der Waals surface area contributed by atoms with Gasteiger partial charge in [0.2, 0.25) is 5.82 Å². The van der Waals surface area contributed by atoms with E-state index >= 15 is 0 Å². The highest BCUT2D eigenvalue weighted by Gasteiger charge is 2.49. The van der Waals surface area contributed by atoms with E-state index in [1.54, 1.807) is 30.6 Å². The molecular weight excluding hydrogens is 331 g/mol. The van der Waals surface area contributed by atoms with Crippen molar-refractivity contribution in [3.63, 3.8) is 0 Å². The number of imidazole rings is 1. The van der Waals surface area contributed by atoms with Gasteiger partial charge in [-0.15, -0.1) is 0 Å². The first-order valence-corrected chi connectivity index (χ1v) is 8.28. The average molecular weight is 348 g/mol. The average Bonchev–Trinajstić information content (AvgIpc) is 3.09. The zero-order valence-electron chi connectivity index (χ0n) is 14.5. The van der Waals surface area contributed by atoms with Gasteiger partial charge in [0.25, 0.3) is 0 Å². The van der Waals surface area contributed by atoms with Crippen molar-refractivity contribution in [1.29, 1.82) is 5.26 Å². The Morgan fingerprint density at radius 3 is 2.62 bits per heavy atom. The molecule has 0 bridgehead atoms. The van der Waals surface area contributed by atoms with Crippen molar-refractivity contribution >= 4 is 5.82 Å². The molecule has 1 aliphatic rings. The fourth-order valence-electron chi connectivity index (χ4n) is 3.53. The molecule has 1 aromatic carbocycles. The summed E-state index contributed by atoms with van der Waals surface area (Å²) < 4.78 is 15.2. The number of nitrogens with zero attached hydrogens (tertiary/aromatic N) is 6. The second-order valence-electron chi connectivity index (χ2n) is 7.00. The highest BCUT2D eigenvalue weighted by Crippen LogP contribution is 2.49. The van der Waals surface area contributed by atoms with Crippen LogP contribution in [0.2, 0.25) is 0 Å². The number of aromatic nitrogens is 4. The molecule has 3 heterocycles. The van der Waals surface area contributed by atoms with Crippen molar-refractivity contribution in [1.82, 2.24) is 19.5 Å². The molecule has 3 aromatic rings. The van der Waals surface area contributed by atoms with Gasteiger partial charge in [0, 0.05) is 36.2 Å². The highest BCUT2D eigenvalue weighted by atomic mass is 19.1. The van der Waals surface area contributed by atoms with Gasteiger partial charge in [-0.05, 0) is 30.3 Å². The fourth-order valence-corrected chi connectivity index (χ4v) is 3.53. The van der Waals surface area contributed by atoms with E-state index in [0.29, 0.717) is 5.82 Å². The summed E-state index contributed by atoms with van der Waals surface area (Å²) in [5.41, 5.74) is 0.822. The molecule has 130 valence electrons. The van der Waals surface area contributed by atoms with E-state index in [0.717, 1.165) is 18.1 Å². The van der Waals surface area contributed by atoms with Gasteiger partial charge in [-0.2, -0.15) is 5.26 Å². The predicted molar refractivity (Wildman–Crippen MR) is 94.1 cm³/mol. The van der Waals surface area contributed by atoms with Crippen LogP contribution in [0.4, 0.5) is 10.2 Å². The summed E-state index contributed by atoms with van der Waals surface area (Å²) in [6, 6.07) is 10.1. The minimum absolute atomic E-state index is 0.0241. The summed E-state index contributed by atoms with van der Waals surface area (Å²) in [5, 5.41) is 9.06. The molecule has 26 heavy (non-hydrogen) atoms. The smallest absolute Gasteiger partial charge is 0.234 e. The maximum atomic E-state index is 13.3. The number of hydrogen-bond donors (Lipinski definition) is 0. The van der Waals surface area contributed by atoms with Crippen molar-refractivity contribution in [2.45, 2.75) is 19.9 Å². The van der Waals surface area contributed by atoms with Gasteiger partial charge in [-0.3, -0.25) is 0 Å². The summed E-state index contributed by atoms with van der Waals surface area (Å²) in [6.07, 6.45) is 5.21. The van der Waals surface area contributed by atoms with E-state index in [9.17, 15) is 4.39 Å². The van der Waals surface area contributed by atoms with Crippen LogP contribution in [0, 0.1) is 22.6 Å². The summed E-state index contributed by atoms with van der Waals surface area (Å²) in [4.78, 5) is 14.9. The maximum Gasteiger partial charge on any atom is 0.234 e. The molecule has 1 unspecified atom stereocenters. The summed E-state index contributed by atoms with van der Waals surface area (Å²) in [6.45, 7) is 5.13. The Balaban J connectivity index is 1.75. The van der Waals surface area contributed by atoms with E-state index in [2.05, 4.69) is 33.7 Å². The maximum absolute atomic E-state index is 13.3. The predicted octanol–water partition coefficient (Wildman–Crippen LogP) is 3.26. The number of nitriles is 1. The van der Waals surface area contributed by atoms with Crippen molar-refractivity contribution in [3.05, 3.63) is 66.4 Å². The fraction of sp³-hybridized carbons (Fsp3) is 0.263. The molecule has 0 radical (unpaired) electrons. The molecule has 4 rings (SSSR count). The zero-order chi connectivity index (χ0) is 18.3. The number of benzene rings is 1. The third-order valence-electron chi connectivity index (χ3n) is 4.68. The first-order chi connectivity index (χ1) is 12.5. The SMILES string of the molecule is CC1(C)CN(c2ccnc(C#N)n2)C1c1nccn1-c1ccc(F)cc1. The van der Waals surface area contributed by atoms with Crippen molar-refractivity contribution in [2.24, 2.45) is 5.41 Å². The van der Waals surface area contributed by atoms with Crippen LogP contribution >= 0.6 is 0 Å². The van der Waals surface area contributed by atoms with Crippen LogP contribution in [-0.2, 0) is 0 Å². The molecule has 7 heteroatoms. The standard InChI is InChI=1S/C19H17FN6/c1-19(2)12-26(16-7-8-22-15(11-21)24-16)17(19)18-23-9-10-25(18)14-5-3-13(20)4-6-14/h3-10,17H,12H2,1-2H3. The second-order valence-corrected chi connectivity index (χ2v) is 7.00. The van der Waals surface area contributed by atoms with Crippen LogP contribution in [0.5, 0.6) is 0 Å². The van der Waals surface area contributed by atoms with Gasteiger partial charge in [0.1, 0.15) is 23.5 Å². The van der Waals surface area contributed by atoms with Crippen LogP contribution in [0.3, 0.4) is 0 Å². The third kappa shape index (κ3) is 2.60. The summed E-state index contributed by atoms with van der Waals surface area (Å²) >= 11 is 0. The van der Waals surface area contributed by atoms with Gasteiger partial charge >= 0.3 is 0 Å². The Bertz CT molecular complexity index is 986. The van der Waals surface area contributed by atoms with Gasteiger partial charge in [0.05, 0.1) is 6.04 Å². The van der Waals surface area contributed by atoms with Crippen LogP contribution in [0.25, 0.3) is 5.69 Å². The molecule has 0 saturated carbocycles. The van der Waals surface area contributed by atoms with E-state index in [4.69, 9.17) is 5.26 Å². The highest BCUT2D eigenvalue weighted by molar-refractivity contribution is 5.48. The Labute approximate surface area is 150 Å². The molecule has 1 atom stereocenters. The third-order valence-corrected chi connectivity index (χ3v) is 4.68. The van der Waals surface area contributed by atoms with Crippen LogP contribution in [0.1, 0.15) is 31.5 Å². The monoisotopic (exact) mass is 348 g/mol. The van der Waals surface area contributed by atoms with Gasteiger partial charge in [0.15, 0.2) is 0 Å². The quantitative estimate of drug-likeness (QED) is 0.726. The molecule has 0 N–H and O–H groups in total. The van der Waals surface area contributed by atoms with Crippen molar-refractivity contribution < 1.29 is 4.39 Å². The minimum atomic E-state index is -0.272. The van der Waals surface area contributed by atoms with Gasteiger partial charge in [-0.1, -0.05) is 13.8 Å². The summed E-state index contributed by atoms with van der Waals surface area (Å²) in [5.74, 6) is 1.43. The lowest BCUT2D eigenvalue weighted by atomic mass is 9.74. The molecular formula is C19H17FN6. The number of halogens is 1. The topological polar surface area (TPSA) is 70.6 Å². The van der Waals surface area contributed by atoms with Crippen molar-refractivity contribution in [3.8, 4) is 11.8 Å². The molecule has 0 spiro atoms. The molecule has 0 aliphatic carbocycles. The van der Waals surface area contributed by atoms with E-state index < -0.39 is 0 Å². The van der Waals surface area contributed by atoms with Crippen LogP contribution in [-0.4, -0.2) is 26.1 Å². The van der Waals surface area contributed by atoms with Gasteiger partial charge in [-0.25, -0.2) is 19.3 Å². The normalized spacial score (nSPS) is 18.2. The van der Waals surface area contributed by atoms with Gasteiger partial charge < -0.3 is 9.47 Å². The number of rotatable bonds is 3. The number of hydrogen-bond acceptors (Lipinski definition) is 5. The Morgan fingerprint density at radius 1 is 1.15 bits per heavy atom. The Kier molecular flexibility index (Phi) is 3.69. The van der Waals surface area contributed by atoms with E-state index in [1.807, 2.05) is 16.8 Å². The zero-order valence-corrected chi connectivity index (χ0v) is 14.5. The first kappa shape index (κ1) is 16.2. The molecule has 2 aromatic heterocycles. The van der Waals surface area contributed by atoms with Crippen molar-refractivity contribution in [2.75, 3.05) is 11.4 Å². The largest absolute Gasteiger partial charge is 0.345 e. The number of anilines is 1. The van der Waals surface area contributed by atoms with E-state index in [-0.39, 0.29) is 23.1 Å². The molecule has 6 nitrogen and oxygen atoms in total. The van der Waals surface area contributed by atoms with Crippen LogP contribution in [0.15, 0.2) is 48.9 Å². The Morgan fingerprint density at radius 2 is 1.92 bits per heavy atom. The lowest BCUT2D eigenvalue weighted by molar-refractivity contribution is 0.169. The molecule has 1 fully saturated rings. The lowest BCUT2D eigenvalue weighted by Gasteiger charge is -2.54. The first-order valence-electron chi connectivity index (χ1n) is 8.28. The lowest BCUT2D eigenvalue weighted by Crippen LogP contribution is -2.57. The van der Waals surface area contributed by atoms with E-state index in [1.165, 1.54) is 12.1 Å².